The molecule has 0 aliphatic rings. The van der Waals surface area contributed by atoms with Gasteiger partial charge in [0.1, 0.15) is 5.82 Å². The van der Waals surface area contributed by atoms with Crippen LogP contribution in [0.1, 0.15) is 12.5 Å². The first kappa shape index (κ1) is 14.1. The molecule has 0 spiro atoms. The minimum absolute atomic E-state index is 0.0665. The van der Waals surface area contributed by atoms with E-state index in [-0.39, 0.29) is 18.1 Å². The van der Waals surface area contributed by atoms with Crippen LogP contribution in [0.3, 0.4) is 0 Å². The van der Waals surface area contributed by atoms with E-state index >= 15 is 0 Å². The molecule has 0 saturated heterocycles. The molecule has 0 saturated carbocycles. The highest BCUT2D eigenvalue weighted by molar-refractivity contribution is 5.17. The Kier molecular flexibility index (Phi) is 6.11. The van der Waals surface area contributed by atoms with E-state index in [1.165, 1.54) is 6.07 Å². The summed E-state index contributed by atoms with van der Waals surface area (Å²) in [7, 11) is 3.20. The van der Waals surface area contributed by atoms with E-state index in [0.29, 0.717) is 13.0 Å². The molecule has 4 heteroatoms. The summed E-state index contributed by atoms with van der Waals surface area (Å²) in [5.41, 5.74) is 0.721. The largest absolute Gasteiger partial charge is 0.354 e. The first-order valence-electron chi connectivity index (χ1n) is 5.71. The monoisotopic (exact) mass is 241 g/mol. The van der Waals surface area contributed by atoms with Crippen LogP contribution in [0.5, 0.6) is 0 Å². The highest BCUT2D eigenvalue weighted by atomic mass is 19.1. The van der Waals surface area contributed by atoms with Crippen molar-refractivity contribution < 1.29 is 13.9 Å². The van der Waals surface area contributed by atoms with Crippen LogP contribution in [0.15, 0.2) is 24.3 Å². The molecule has 1 aromatic rings. The maximum Gasteiger partial charge on any atom is 0.171 e. The van der Waals surface area contributed by atoms with Crippen LogP contribution in [0.4, 0.5) is 4.39 Å². The highest BCUT2D eigenvalue weighted by Gasteiger charge is 2.14. The number of benzene rings is 1. The Morgan fingerprint density at radius 3 is 2.47 bits per heavy atom. The average Bonchev–Trinajstić information content (AvgIpc) is 2.33. The zero-order valence-electron chi connectivity index (χ0n) is 10.6. The van der Waals surface area contributed by atoms with Crippen molar-refractivity contribution in [2.75, 3.05) is 20.8 Å². The van der Waals surface area contributed by atoms with Gasteiger partial charge in [0.2, 0.25) is 0 Å². The molecule has 1 unspecified atom stereocenters. The fourth-order valence-electron chi connectivity index (χ4n) is 1.74. The third kappa shape index (κ3) is 4.42. The molecular formula is C13H20FNO2. The summed E-state index contributed by atoms with van der Waals surface area (Å²) in [5, 5.41) is 3.24. The van der Waals surface area contributed by atoms with Gasteiger partial charge in [-0.15, -0.1) is 0 Å². The average molecular weight is 241 g/mol. The summed E-state index contributed by atoms with van der Waals surface area (Å²) in [4.78, 5) is 0. The van der Waals surface area contributed by atoms with Crippen molar-refractivity contribution in [1.29, 1.82) is 0 Å². The van der Waals surface area contributed by atoms with Gasteiger partial charge in [-0.05, 0) is 31.5 Å². The molecule has 0 amide bonds. The van der Waals surface area contributed by atoms with E-state index in [0.717, 1.165) is 5.56 Å². The number of rotatable bonds is 7. The second-order valence-corrected chi connectivity index (χ2v) is 3.92. The lowest BCUT2D eigenvalue weighted by Crippen LogP contribution is -2.40. The SMILES string of the molecule is COC(OC)C(C)NCCc1ccccc1F. The van der Waals surface area contributed by atoms with E-state index in [1.807, 2.05) is 13.0 Å². The van der Waals surface area contributed by atoms with Gasteiger partial charge in [-0.3, -0.25) is 0 Å². The lowest BCUT2D eigenvalue weighted by Gasteiger charge is -2.22. The summed E-state index contributed by atoms with van der Waals surface area (Å²) in [6.07, 6.45) is 0.368. The predicted octanol–water partition coefficient (Wildman–Crippen LogP) is 1.97. The molecule has 0 heterocycles. The zero-order chi connectivity index (χ0) is 12.7. The summed E-state index contributed by atoms with van der Waals surface area (Å²) >= 11 is 0. The molecule has 0 aromatic heterocycles. The van der Waals surface area contributed by atoms with E-state index < -0.39 is 0 Å². The lowest BCUT2D eigenvalue weighted by molar-refractivity contribution is -0.119. The van der Waals surface area contributed by atoms with Crippen LogP contribution in [-0.4, -0.2) is 33.1 Å². The lowest BCUT2D eigenvalue weighted by atomic mass is 10.1. The third-order valence-corrected chi connectivity index (χ3v) is 2.69. The standard InChI is InChI=1S/C13H20FNO2/c1-10(13(16-2)17-3)15-9-8-11-6-4-5-7-12(11)14/h4-7,10,13,15H,8-9H2,1-3H3. The minimum Gasteiger partial charge on any atom is -0.354 e. The maximum atomic E-state index is 13.3. The Balaban J connectivity index is 2.35. The zero-order valence-corrected chi connectivity index (χ0v) is 10.6. The maximum absolute atomic E-state index is 13.3. The Morgan fingerprint density at radius 1 is 1.24 bits per heavy atom. The fraction of sp³-hybridized carbons (Fsp3) is 0.538. The number of nitrogens with one attached hydrogen (secondary N) is 1. The summed E-state index contributed by atoms with van der Waals surface area (Å²) < 4.78 is 23.6. The van der Waals surface area contributed by atoms with Gasteiger partial charge < -0.3 is 14.8 Å². The van der Waals surface area contributed by atoms with E-state index in [2.05, 4.69) is 5.32 Å². The molecule has 1 N–H and O–H groups in total. The summed E-state index contributed by atoms with van der Waals surface area (Å²) in [5.74, 6) is -0.156. The topological polar surface area (TPSA) is 30.5 Å². The number of halogens is 1. The van der Waals surface area contributed by atoms with Crippen LogP contribution in [0.25, 0.3) is 0 Å². The van der Waals surface area contributed by atoms with Crippen molar-refractivity contribution in [1.82, 2.24) is 5.32 Å². The van der Waals surface area contributed by atoms with Crippen LogP contribution < -0.4 is 5.32 Å². The van der Waals surface area contributed by atoms with Gasteiger partial charge in [-0.1, -0.05) is 18.2 Å². The second kappa shape index (κ2) is 7.37. The normalized spacial score (nSPS) is 13.0. The Hall–Kier alpha value is -0.970. The molecule has 96 valence electrons. The smallest absolute Gasteiger partial charge is 0.171 e. The third-order valence-electron chi connectivity index (χ3n) is 2.69. The van der Waals surface area contributed by atoms with Gasteiger partial charge >= 0.3 is 0 Å². The molecule has 1 aromatic carbocycles. The van der Waals surface area contributed by atoms with Crippen molar-refractivity contribution in [2.45, 2.75) is 25.7 Å². The van der Waals surface area contributed by atoms with Gasteiger partial charge in [0.15, 0.2) is 6.29 Å². The summed E-state index contributed by atoms with van der Waals surface area (Å²) in [6.45, 7) is 2.66. The van der Waals surface area contributed by atoms with Gasteiger partial charge in [-0.2, -0.15) is 0 Å². The first-order chi connectivity index (χ1) is 8.19. The van der Waals surface area contributed by atoms with Gasteiger partial charge in [0.25, 0.3) is 0 Å². The van der Waals surface area contributed by atoms with Crippen molar-refractivity contribution in [3.63, 3.8) is 0 Å². The molecule has 3 nitrogen and oxygen atoms in total. The number of methoxy groups -OCH3 is 2. The molecule has 0 fully saturated rings. The van der Waals surface area contributed by atoms with Gasteiger partial charge in [0, 0.05) is 14.2 Å². The Morgan fingerprint density at radius 2 is 1.88 bits per heavy atom. The second-order valence-electron chi connectivity index (χ2n) is 3.92. The predicted molar refractivity (Wildman–Crippen MR) is 65.4 cm³/mol. The molecule has 0 bridgehead atoms. The van der Waals surface area contributed by atoms with Crippen molar-refractivity contribution in [3.8, 4) is 0 Å². The Bertz CT molecular complexity index is 329. The number of ether oxygens (including phenoxy) is 2. The molecule has 17 heavy (non-hydrogen) atoms. The molecule has 1 rings (SSSR count). The Labute approximate surface area is 102 Å². The minimum atomic E-state index is -0.282. The quantitative estimate of drug-likeness (QED) is 0.740. The molecule has 0 aliphatic heterocycles. The van der Waals surface area contributed by atoms with Crippen molar-refractivity contribution in [2.24, 2.45) is 0 Å². The van der Waals surface area contributed by atoms with Crippen molar-refractivity contribution in [3.05, 3.63) is 35.6 Å². The van der Waals surface area contributed by atoms with Gasteiger partial charge in [0.05, 0.1) is 6.04 Å². The highest BCUT2D eigenvalue weighted by Crippen LogP contribution is 2.06. The van der Waals surface area contributed by atoms with E-state index in [9.17, 15) is 4.39 Å². The number of hydrogen-bond acceptors (Lipinski definition) is 3. The van der Waals surface area contributed by atoms with E-state index in [4.69, 9.17) is 9.47 Å². The van der Waals surface area contributed by atoms with Crippen LogP contribution in [0.2, 0.25) is 0 Å². The van der Waals surface area contributed by atoms with Crippen LogP contribution >= 0.6 is 0 Å². The molecule has 1 atom stereocenters. The van der Waals surface area contributed by atoms with E-state index in [1.54, 1.807) is 26.4 Å². The van der Waals surface area contributed by atoms with Crippen LogP contribution in [-0.2, 0) is 15.9 Å². The first-order valence-corrected chi connectivity index (χ1v) is 5.71. The number of hydrogen-bond donors (Lipinski definition) is 1. The fourth-order valence-corrected chi connectivity index (χ4v) is 1.74. The van der Waals surface area contributed by atoms with Crippen LogP contribution in [0, 0.1) is 5.82 Å². The molecule has 0 aliphatic carbocycles. The molecular weight excluding hydrogens is 221 g/mol. The van der Waals surface area contributed by atoms with Gasteiger partial charge in [-0.25, -0.2) is 4.39 Å². The molecule has 0 radical (unpaired) electrons. The summed E-state index contributed by atoms with van der Waals surface area (Å²) in [6, 6.07) is 6.88. The van der Waals surface area contributed by atoms with Crippen molar-refractivity contribution >= 4 is 0 Å².